The van der Waals surface area contributed by atoms with Gasteiger partial charge in [-0.25, -0.2) is 0 Å². The molecule has 0 spiro atoms. The van der Waals surface area contributed by atoms with Crippen molar-refractivity contribution >= 4 is 14.3 Å². The van der Waals surface area contributed by atoms with Crippen molar-refractivity contribution in [3.8, 4) is 0 Å². The topological polar surface area (TPSA) is 12.4 Å². The molecule has 3 heteroatoms. The number of hydrogen-bond acceptors (Lipinski definition) is 1. The first-order valence-corrected chi connectivity index (χ1v) is 8.78. The van der Waals surface area contributed by atoms with Gasteiger partial charge >= 0.3 is 18.9 Å². The summed E-state index contributed by atoms with van der Waals surface area (Å²) in [6.45, 7) is 10.2. The van der Waals surface area contributed by atoms with E-state index in [9.17, 15) is 0 Å². The van der Waals surface area contributed by atoms with Gasteiger partial charge in [-0.15, -0.1) is 6.21 Å². The SMILES string of the molecule is CCCCN=C[CH-][Si](CC)(CC)CC.[Li+]. The van der Waals surface area contributed by atoms with Gasteiger partial charge in [0, 0.05) is 6.54 Å². The van der Waals surface area contributed by atoms with E-state index in [0.29, 0.717) is 0 Å². The first-order valence-electron chi connectivity index (χ1n) is 6.09. The van der Waals surface area contributed by atoms with Crippen LogP contribution in [0.4, 0.5) is 0 Å². The zero-order valence-corrected chi connectivity index (χ0v) is 12.3. The van der Waals surface area contributed by atoms with Crippen LogP contribution in [-0.4, -0.2) is 20.8 Å². The van der Waals surface area contributed by atoms with E-state index >= 15 is 0 Å². The van der Waals surface area contributed by atoms with Crippen LogP contribution >= 0.6 is 0 Å². The average molecular weight is 219 g/mol. The molecule has 0 N–H and O–H groups in total. The van der Waals surface area contributed by atoms with Crippen LogP contribution < -0.4 is 18.9 Å². The van der Waals surface area contributed by atoms with Crippen LogP contribution in [0, 0.1) is 6.04 Å². The number of hydrogen-bond donors (Lipinski definition) is 0. The van der Waals surface area contributed by atoms with E-state index in [2.05, 4.69) is 44.9 Å². The number of rotatable bonds is 8. The summed E-state index contributed by atoms with van der Waals surface area (Å²) in [6.07, 6.45) is 4.57. The van der Waals surface area contributed by atoms with Gasteiger partial charge in [0.05, 0.1) is 0 Å². The summed E-state index contributed by atoms with van der Waals surface area (Å²) in [5.41, 5.74) is 0. The molecule has 0 saturated carbocycles. The Morgan fingerprint density at radius 2 is 1.60 bits per heavy atom. The van der Waals surface area contributed by atoms with E-state index < -0.39 is 8.07 Å². The molecule has 0 aliphatic carbocycles. The van der Waals surface area contributed by atoms with Gasteiger partial charge in [0.15, 0.2) is 0 Å². The second-order valence-corrected chi connectivity index (χ2v) is 9.18. The molecule has 0 aromatic rings. The minimum Gasteiger partial charge on any atom is -0.349 e. The quantitative estimate of drug-likeness (QED) is 0.251. The molecular weight excluding hydrogens is 193 g/mol. The molecule has 0 unspecified atom stereocenters. The van der Waals surface area contributed by atoms with Crippen LogP contribution in [-0.2, 0) is 0 Å². The Hall–Kier alpha value is 0.354. The Morgan fingerprint density at radius 1 is 1.07 bits per heavy atom. The Balaban J connectivity index is 0. The largest absolute Gasteiger partial charge is 1.00 e. The van der Waals surface area contributed by atoms with Gasteiger partial charge in [0.2, 0.25) is 0 Å². The molecule has 0 heterocycles. The molecule has 15 heavy (non-hydrogen) atoms. The van der Waals surface area contributed by atoms with E-state index in [4.69, 9.17) is 0 Å². The normalized spacial score (nSPS) is 11.5. The van der Waals surface area contributed by atoms with Crippen LogP contribution in [0.2, 0.25) is 18.1 Å². The van der Waals surface area contributed by atoms with E-state index in [1.807, 2.05) is 0 Å². The van der Waals surface area contributed by atoms with E-state index in [1.165, 1.54) is 31.0 Å². The number of nitrogens with zero attached hydrogens (tertiary/aromatic N) is 1. The molecule has 0 amide bonds. The zero-order chi connectivity index (χ0) is 10.9. The smallest absolute Gasteiger partial charge is 0.349 e. The summed E-state index contributed by atoms with van der Waals surface area (Å²) in [7, 11) is -1.05. The molecule has 0 saturated heterocycles. The van der Waals surface area contributed by atoms with Crippen molar-refractivity contribution in [3.63, 3.8) is 0 Å². The van der Waals surface area contributed by atoms with Crippen molar-refractivity contribution < 1.29 is 18.9 Å². The summed E-state index contributed by atoms with van der Waals surface area (Å²) in [5.74, 6) is 0. The Bertz CT molecular complexity index is 147. The van der Waals surface area contributed by atoms with Crippen LogP contribution in [0.25, 0.3) is 0 Å². The van der Waals surface area contributed by atoms with Crippen LogP contribution in [0.3, 0.4) is 0 Å². The fourth-order valence-electron chi connectivity index (χ4n) is 1.64. The molecule has 0 aliphatic rings. The minimum absolute atomic E-state index is 0. The molecule has 0 radical (unpaired) electrons. The first-order chi connectivity index (χ1) is 6.74. The Kier molecular flexibility index (Phi) is 12.8. The van der Waals surface area contributed by atoms with Gasteiger partial charge in [0.1, 0.15) is 0 Å². The van der Waals surface area contributed by atoms with E-state index in [1.54, 1.807) is 0 Å². The third kappa shape index (κ3) is 7.27. The molecule has 0 fully saturated rings. The van der Waals surface area contributed by atoms with Gasteiger partial charge in [0.25, 0.3) is 0 Å². The number of aliphatic imine (C=N–C) groups is 1. The fourth-order valence-corrected chi connectivity index (χ4v) is 4.27. The average Bonchev–Trinajstić information content (AvgIpc) is 2.24. The van der Waals surface area contributed by atoms with Crippen LogP contribution in [0.5, 0.6) is 0 Å². The predicted molar refractivity (Wildman–Crippen MR) is 69.8 cm³/mol. The second kappa shape index (κ2) is 10.9. The third-order valence-electron chi connectivity index (χ3n) is 3.29. The maximum absolute atomic E-state index is 4.44. The van der Waals surface area contributed by atoms with Crippen LogP contribution in [0.1, 0.15) is 40.5 Å². The van der Waals surface area contributed by atoms with Crippen molar-refractivity contribution in [2.24, 2.45) is 4.99 Å². The van der Waals surface area contributed by atoms with Crippen molar-refractivity contribution in [2.75, 3.05) is 6.54 Å². The molecule has 0 aromatic carbocycles. The molecule has 0 aromatic heterocycles. The molecule has 0 rings (SSSR count). The van der Waals surface area contributed by atoms with E-state index in [0.717, 1.165) is 6.54 Å². The Morgan fingerprint density at radius 3 is 2.00 bits per heavy atom. The molecule has 0 atom stereocenters. The van der Waals surface area contributed by atoms with E-state index in [-0.39, 0.29) is 18.9 Å². The zero-order valence-electron chi connectivity index (χ0n) is 11.3. The van der Waals surface area contributed by atoms with Gasteiger partial charge in [-0.05, 0) is 6.42 Å². The maximum Gasteiger partial charge on any atom is 1.00 e. The first kappa shape index (κ1) is 17.7. The van der Waals surface area contributed by atoms with Crippen molar-refractivity contribution in [3.05, 3.63) is 6.04 Å². The van der Waals surface area contributed by atoms with Crippen molar-refractivity contribution in [1.29, 1.82) is 0 Å². The summed E-state index contributed by atoms with van der Waals surface area (Å²) >= 11 is 0. The fraction of sp³-hybridized carbons (Fsp3) is 0.833. The standard InChI is InChI=1S/C12H26NSi.Li/c1-5-9-10-13-11-12-14(6-2,7-3)8-4;/h11-12H,5-10H2,1-4H3;/q-1;+1. The second-order valence-electron chi connectivity index (χ2n) is 4.00. The molecular formula is C12H26LiNSi. The molecule has 1 nitrogen and oxygen atoms in total. The van der Waals surface area contributed by atoms with Crippen molar-refractivity contribution in [1.82, 2.24) is 0 Å². The summed E-state index contributed by atoms with van der Waals surface area (Å²) in [4.78, 5) is 4.44. The summed E-state index contributed by atoms with van der Waals surface area (Å²) < 4.78 is 0. The summed E-state index contributed by atoms with van der Waals surface area (Å²) in [6, 6.07) is 6.53. The summed E-state index contributed by atoms with van der Waals surface area (Å²) in [5, 5.41) is 0. The third-order valence-corrected chi connectivity index (χ3v) is 8.37. The maximum atomic E-state index is 4.44. The molecule has 0 aliphatic heterocycles. The van der Waals surface area contributed by atoms with Gasteiger partial charge in [-0.3, -0.25) is 0 Å². The Labute approximate surface area is 109 Å². The van der Waals surface area contributed by atoms with Gasteiger partial charge in [-0.2, -0.15) is 0 Å². The van der Waals surface area contributed by atoms with Crippen LogP contribution in [0.15, 0.2) is 4.99 Å². The van der Waals surface area contributed by atoms with Gasteiger partial charge in [-0.1, -0.05) is 60.3 Å². The molecule has 84 valence electrons. The van der Waals surface area contributed by atoms with Gasteiger partial charge < -0.3 is 11.0 Å². The minimum atomic E-state index is -1.05. The number of unbranched alkanes of at least 4 members (excludes halogenated alkanes) is 1. The monoisotopic (exact) mass is 219 g/mol. The van der Waals surface area contributed by atoms with Crippen molar-refractivity contribution in [2.45, 2.75) is 58.7 Å². The predicted octanol–water partition coefficient (Wildman–Crippen LogP) is 1.11. The molecule has 0 bridgehead atoms.